The molecule has 0 fully saturated rings. The van der Waals surface area contributed by atoms with Crippen molar-refractivity contribution in [2.45, 2.75) is 0 Å². The van der Waals surface area contributed by atoms with Gasteiger partial charge >= 0.3 is 0 Å². The quantitative estimate of drug-likeness (QED) is 0.538. The Morgan fingerprint density at radius 2 is 0.235 bits per heavy atom. The van der Waals surface area contributed by atoms with E-state index in [9.17, 15) is 0 Å². The van der Waals surface area contributed by atoms with E-state index in [0.717, 1.165) is 0 Å². The monoisotopic (exact) mass is 395 g/mol. The Labute approximate surface area is 115 Å². The van der Waals surface area contributed by atoms with E-state index in [1.54, 1.807) is 0 Å². The Morgan fingerprint density at radius 1 is 0.235 bits per heavy atom. The second kappa shape index (κ2) is 145. The van der Waals surface area contributed by atoms with Gasteiger partial charge in [0, 0.05) is 20.4 Å². The van der Waals surface area contributed by atoms with Gasteiger partial charge in [-0.1, -0.05) is 0 Å². The van der Waals surface area contributed by atoms with Crippen molar-refractivity contribution in [1.29, 1.82) is 42.1 Å². The van der Waals surface area contributed by atoms with Gasteiger partial charge in [0.25, 0.3) is 0 Å². The number of hydrogen-bond donors (Lipinski definition) is 0. The molecule has 8 nitrogen and oxygen atoms in total. The van der Waals surface area contributed by atoms with E-state index in [1.165, 1.54) is 0 Å². The molecule has 0 heterocycles. The third kappa shape index (κ3) is 121. The Morgan fingerprint density at radius 3 is 0.235 bits per heavy atom. The molecule has 0 spiro atoms. The summed E-state index contributed by atoms with van der Waals surface area (Å²) in [5.41, 5.74) is 0. The van der Waals surface area contributed by atoms with Gasteiger partial charge in [0.2, 0.25) is 0 Å². The maximum Gasteiger partial charge on any atom is 0 e. The summed E-state index contributed by atoms with van der Waals surface area (Å²) in [7, 11) is 0. The molecule has 0 aromatic rings. The maximum atomic E-state index is 6.25. The topological polar surface area (TPSA) is 190 Å². The summed E-state index contributed by atoms with van der Waals surface area (Å²) in [5, 5.41) is 50.0. The SMILES string of the molecule is [C-]#N.[C-]#N.[C-]#N.[C-]#N.[C-]#N.[C-]#N.[C-]#N.[C-]#N.[Re]. The zero-order valence-corrected chi connectivity index (χ0v) is 10.7. The second-order valence-corrected chi connectivity index (χ2v) is 0. The summed E-state index contributed by atoms with van der Waals surface area (Å²) < 4.78 is 0. The number of nitrogens with zero attached hydrogens (tertiary/aromatic N) is 8. The molecule has 0 unspecified atom stereocenters. The van der Waals surface area contributed by atoms with Gasteiger partial charge in [0.05, 0.1) is 0 Å². The van der Waals surface area contributed by atoms with Crippen LogP contribution in [0.2, 0.25) is 0 Å². The minimum Gasteiger partial charge on any atom is -0.512 e. The van der Waals surface area contributed by atoms with Crippen LogP contribution in [0.5, 0.6) is 0 Å². The number of hydrogen-bond acceptors (Lipinski definition) is 8. The second-order valence-electron chi connectivity index (χ2n) is 0. The predicted molar refractivity (Wildman–Crippen MR) is 39.7 cm³/mol. The van der Waals surface area contributed by atoms with Crippen LogP contribution in [0.4, 0.5) is 0 Å². The van der Waals surface area contributed by atoms with Gasteiger partial charge in [-0.2, -0.15) is 0 Å². The van der Waals surface area contributed by atoms with Crippen molar-refractivity contribution < 1.29 is 20.4 Å². The molecule has 0 saturated carbocycles. The van der Waals surface area contributed by atoms with Crippen molar-refractivity contribution in [2.75, 3.05) is 0 Å². The van der Waals surface area contributed by atoms with E-state index < -0.39 is 0 Å². The molecular weight excluding hydrogens is 394 g/mol. The first kappa shape index (κ1) is 102. The molecule has 9 heteroatoms. The van der Waals surface area contributed by atoms with Crippen LogP contribution in [0.25, 0.3) is 0 Å². The molecule has 0 aliphatic carbocycles. The molecule has 1 radical (unpaired) electrons. The molecule has 17 heavy (non-hydrogen) atoms. The van der Waals surface area contributed by atoms with Gasteiger partial charge in [-0.3, -0.25) is 0 Å². The van der Waals surface area contributed by atoms with E-state index in [0.29, 0.717) is 0 Å². The van der Waals surface area contributed by atoms with Crippen LogP contribution < -0.4 is 0 Å². The van der Waals surface area contributed by atoms with Crippen LogP contribution in [-0.2, 0) is 20.4 Å². The normalized spacial score (nSPS) is 0.941. The van der Waals surface area contributed by atoms with Crippen molar-refractivity contribution in [1.82, 2.24) is 0 Å². The van der Waals surface area contributed by atoms with Gasteiger partial charge in [-0.25, -0.2) is 0 Å². The molecule has 0 aliphatic rings. The van der Waals surface area contributed by atoms with Crippen LogP contribution in [0.15, 0.2) is 0 Å². The summed E-state index contributed by atoms with van der Waals surface area (Å²) in [6, 6.07) is 0. The fourth-order valence-electron chi connectivity index (χ4n) is 0. The van der Waals surface area contributed by atoms with Crippen LogP contribution in [-0.4, -0.2) is 0 Å². The minimum absolute atomic E-state index is 0. The van der Waals surface area contributed by atoms with Crippen molar-refractivity contribution in [3.63, 3.8) is 0 Å². The van der Waals surface area contributed by atoms with E-state index in [2.05, 4.69) is 0 Å². The van der Waals surface area contributed by atoms with Crippen molar-refractivity contribution >= 4 is 0 Å². The van der Waals surface area contributed by atoms with Gasteiger partial charge < -0.3 is 94.7 Å². The van der Waals surface area contributed by atoms with Gasteiger partial charge in [0.1, 0.15) is 0 Å². The van der Waals surface area contributed by atoms with Crippen LogP contribution in [0.1, 0.15) is 0 Å². The first-order valence-corrected chi connectivity index (χ1v) is 1.79. The Balaban J connectivity index is -0.00000000610. The smallest absolute Gasteiger partial charge is 0 e. The van der Waals surface area contributed by atoms with Crippen LogP contribution in [0.3, 0.4) is 0 Å². The fraction of sp³-hybridized carbons (Fsp3) is 0. The maximum absolute atomic E-state index is 6.25. The third-order valence-corrected chi connectivity index (χ3v) is 0. The molecule has 87 valence electrons. The summed E-state index contributed by atoms with van der Waals surface area (Å²) in [5.74, 6) is 0. The Bertz CT molecular complexity index is 132. The molecule has 0 saturated heterocycles. The summed E-state index contributed by atoms with van der Waals surface area (Å²) >= 11 is 0. The van der Waals surface area contributed by atoms with E-state index in [4.69, 9.17) is 94.7 Å². The van der Waals surface area contributed by atoms with E-state index in [1.807, 2.05) is 0 Å². The van der Waals surface area contributed by atoms with Crippen molar-refractivity contribution in [2.24, 2.45) is 0 Å². The zero-order valence-electron chi connectivity index (χ0n) is 7.96. The predicted octanol–water partition coefficient (Wildman–Crippen LogP) is 0.768. The zero-order chi connectivity index (χ0) is 16.0. The van der Waals surface area contributed by atoms with Crippen LogP contribution in [0, 0.1) is 94.7 Å². The van der Waals surface area contributed by atoms with Gasteiger partial charge in [-0.05, 0) is 0 Å². The molecule has 0 bridgehead atoms. The summed E-state index contributed by atoms with van der Waals surface area (Å²) in [6.07, 6.45) is 0. The van der Waals surface area contributed by atoms with Crippen molar-refractivity contribution in [3.8, 4) is 0 Å². The van der Waals surface area contributed by atoms with Crippen LogP contribution >= 0.6 is 0 Å². The standard InChI is InChI=1S/8CN.Re/c8*1-2;/q8*-1;. The first-order valence-electron chi connectivity index (χ1n) is 1.79. The number of rotatable bonds is 0. The molecule has 0 rings (SSSR count). The van der Waals surface area contributed by atoms with E-state index in [-0.39, 0.29) is 20.4 Å². The molecule has 0 aromatic heterocycles. The third-order valence-electron chi connectivity index (χ3n) is 0. The minimum atomic E-state index is 0. The largest absolute Gasteiger partial charge is 0.512 e. The average molecular weight is 394 g/mol. The molecule has 0 aliphatic heterocycles. The Hall–Kier alpha value is -3.42. The Kier molecular flexibility index (Phi) is 871. The molecule has 0 amide bonds. The average Bonchev–Trinajstić information content (AvgIpc) is 2.54. The molecule has 0 atom stereocenters. The van der Waals surface area contributed by atoms with Gasteiger partial charge in [0.15, 0.2) is 0 Å². The summed E-state index contributed by atoms with van der Waals surface area (Å²) in [6.45, 7) is 38.0. The molecular formula is C8N8Re-8. The first-order chi connectivity index (χ1) is 8.00. The molecule has 0 aromatic carbocycles. The van der Waals surface area contributed by atoms with E-state index >= 15 is 0 Å². The van der Waals surface area contributed by atoms with Crippen molar-refractivity contribution in [3.05, 3.63) is 52.6 Å². The molecule has 0 N–H and O–H groups in total. The fourth-order valence-corrected chi connectivity index (χ4v) is 0. The summed E-state index contributed by atoms with van der Waals surface area (Å²) in [4.78, 5) is 0. The van der Waals surface area contributed by atoms with Gasteiger partial charge in [-0.15, -0.1) is 0 Å².